The molecule has 0 aliphatic heterocycles. The van der Waals surface area contributed by atoms with Gasteiger partial charge in [-0.25, -0.2) is 0 Å². The highest BCUT2D eigenvalue weighted by Crippen LogP contribution is 2.27. The van der Waals surface area contributed by atoms with E-state index in [2.05, 4.69) is 15.5 Å². The summed E-state index contributed by atoms with van der Waals surface area (Å²) < 4.78 is 41.8. The molecule has 0 aromatic carbocycles. The van der Waals surface area contributed by atoms with Crippen LogP contribution in [0.1, 0.15) is 19.5 Å². The van der Waals surface area contributed by atoms with E-state index in [1.807, 2.05) is 13.8 Å². The molecule has 0 amide bonds. The van der Waals surface area contributed by atoms with Crippen LogP contribution in [-0.2, 0) is 10.9 Å². The zero-order chi connectivity index (χ0) is 13.1. The third kappa shape index (κ3) is 4.18. The minimum atomic E-state index is -4.46. The zero-order valence-electron chi connectivity index (χ0n) is 9.80. The Balaban J connectivity index is 2.64. The van der Waals surface area contributed by atoms with Crippen LogP contribution >= 0.6 is 0 Å². The van der Waals surface area contributed by atoms with Crippen LogP contribution in [0.3, 0.4) is 0 Å². The highest BCUT2D eigenvalue weighted by molar-refractivity contribution is 5.33. The number of aromatic nitrogens is 2. The molecule has 1 rings (SSSR count). The van der Waals surface area contributed by atoms with Crippen molar-refractivity contribution in [3.8, 4) is 0 Å². The van der Waals surface area contributed by atoms with Crippen molar-refractivity contribution >= 4 is 5.82 Å². The monoisotopic (exact) mass is 249 g/mol. The lowest BCUT2D eigenvalue weighted by Gasteiger charge is -2.23. The Kier molecular flexibility index (Phi) is 3.92. The van der Waals surface area contributed by atoms with Crippen LogP contribution in [0.15, 0.2) is 12.1 Å². The van der Waals surface area contributed by atoms with Crippen molar-refractivity contribution in [1.29, 1.82) is 0 Å². The number of hydrogen-bond acceptors (Lipinski definition) is 4. The fraction of sp³-hybridized carbons (Fsp3) is 0.600. The summed E-state index contributed by atoms with van der Waals surface area (Å²) in [6, 6.07) is 2.12. The van der Waals surface area contributed by atoms with Gasteiger partial charge >= 0.3 is 6.18 Å². The van der Waals surface area contributed by atoms with Crippen LogP contribution in [0.2, 0.25) is 0 Å². The van der Waals surface area contributed by atoms with Gasteiger partial charge in [-0.1, -0.05) is 0 Å². The Hall–Kier alpha value is -1.37. The Morgan fingerprint density at radius 1 is 1.24 bits per heavy atom. The molecule has 0 aliphatic rings. The van der Waals surface area contributed by atoms with Gasteiger partial charge in [0, 0.05) is 13.7 Å². The van der Waals surface area contributed by atoms with Gasteiger partial charge in [0.15, 0.2) is 5.69 Å². The van der Waals surface area contributed by atoms with Gasteiger partial charge in [0.2, 0.25) is 0 Å². The van der Waals surface area contributed by atoms with Crippen molar-refractivity contribution < 1.29 is 17.9 Å². The summed E-state index contributed by atoms with van der Waals surface area (Å²) in [5, 5.41) is 9.39. The maximum atomic E-state index is 12.2. The second-order valence-corrected chi connectivity index (χ2v) is 4.12. The van der Waals surface area contributed by atoms with Crippen molar-refractivity contribution in [3.05, 3.63) is 17.8 Å². The van der Waals surface area contributed by atoms with E-state index in [9.17, 15) is 13.2 Å². The first-order valence-corrected chi connectivity index (χ1v) is 4.94. The normalized spacial score (nSPS) is 12.6. The first-order valence-electron chi connectivity index (χ1n) is 4.94. The molecule has 1 aromatic heterocycles. The first-order chi connectivity index (χ1) is 7.74. The number of alkyl halides is 3. The van der Waals surface area contributed by atoms with E-state index < -0.39 is 17.5 Å². The minimum absolute atomic E-state index is 0.281. The first kappa shape index (κ1) is 13.7. The van der Waals surface area contributed by atoms with Gasteiger partial charge in [0.25, 0.3) is 0 Å². The fourth-order valence-corrected chi connectivity index (χ4v) is 0.953. The molecular weight excluding hydrogens is 235 g/mol. The molecule has 1 N–H and O–H groups in total. The van der Waals surface area contributed by atoms with Gasteiger partial charge in [0.1, 0.15) is 5.82 Å². The largest absolute Gasteiger partial charge is 0.435 e. The van der Waals surface area contributed by atoms with E-state index in [1.165, 1.54) is 6.07 Å². The summed E-state index contributed by atoms with van der Waals surface area (Å²) in [6.07, 6.45) is -4.46. The standard InChI is InChI=1S/C10H14F3N3O/c1-9(2,17-3)6-14-8-5-4-7(15-16-8)10(11,12)13/h4-5H,6H2,1-3H3,(H,14,16). The minimum Gasteiger partial charge on any atom is -0.377 e. The number of hydrogen-bond donors (Lipinski definition) is 1. The predicted octanol–water partition coefficient (Wildman–Crippen LogP) is 2.33. The average molecular weight is 249 g/mol. The average Bonchev–Trinajstić information content (AvgIpc) is 2.26. The second kappa shape index (κ2) is 4.87. The van der Waals surface area contributed by atoms with Crippen LogP contribution in [0.25, 0.3) is 0 Å². The van der Waals surface area contributed by atoms with Crippen molar-refractivity contribution in [2.24, 2.45) is 0 Å². The summed E-state index contributed by atoms with van der Waals surface area (Å²) >= 11 is 0. The van der Waals surface area contributed by atoms with Crippen LogP contribution in [0.4, 0.5) is 19.0 Å². The zero-order valence-corrected chi connectivity index (χ0v) is 9.80. The van der Waals surface area contributed by atoms with E-state index in [1.54, 1.807) is 7.11 Å². The number of rotatable bonds is 4. The number of nitrogens with one attached hydrogen (secondary N) is 1. The van der Waals surface area contributed by atoms with E-state index >= 15 is 0 Å². The number of nitrogens with zero attached hydrogens (tertiary/aromatic N) is 2. The maximum Gasteiger partial charge on any atom is 0.435 e. The number of methoxy groups -OCH3 is 1. The summed E-state index contributed by atoms with van der Waals surface area (Å²) in [5.41, 5.74) is -1.43. The highest BCUT2D eigenvalue weighted by Gasteiger charge is 2.32. The molecule has 0 radical (unpaired) electrons. The van der Waals surface area contributed by atoms with Crippen molar-refractivity contribution in [2.45, 2.75) is 25.6 Å². The molecule has 17 heavy (non-hydrogen) atoms. The van der Waals surface area contributed by atoms with E-state index in [-0.39, 0.29) is 5.82 Å². The molecule has 0 aliphatic carbocycles. The number of halogens is 3. The Bertz CT molecular complexity index is 362. The molecule has 7 heteroatoms. The number of ether oxygens (including phenoxy) is 1. The third-order valence-corrected chi connectivity index (χ3v) is 2.20. The molecule has 0 spiro atoms. The maximum absolute atomic E-state index is 12.2. The molecule has 1 aromatic rings. The molecule has 0 atom stereocenters. The molecular formula is C10H14F3N3O. The fourth-order valence-electron chi connectivity index (χ4n) is 0.953. The topological polar surface area (TPSA) is 47.0 Å². The van der Waals surface area contributed by atoms with Gasteiger partial charge in [-0.15, -0.1) is 10.2 Å². The summed E-state index contributed by atoms with van der Waals surface area (Å²) in [7, 11) is 1.56. The summed E-state index contributed by atoms with van der Waals surface area (Å²) in [4.78, 5) is 0. The van der Waals surface area contributed by atoms with Crippen molar-refractivity contribution in [3.63, 3.8) is 0 Å². The van der Waals surface area contributed by atoms with E-state index in [4.69, 9.17) is 4.74 Å². The smallest absolute Gasteiger partial charge is 0.377 e. The highest BCUT2D eigenvalue weighted by atomic mass is 19.4. The van der Waals surface area contributed by atoms with Gasteiger partial charge in [-0.3, -0.25) is 0 Å². The molecule has 0 bridgehead atoms. The summed E-state index contributed by atoms with van der Waals surface area (Å²) in [5.74, 6) is 0.281. The van der Waals surface area contributed by atoms with Crippen LogP contribution < -0.4 is 5.32 Å². The van der Waals surface area contributed by atoms with Crippen molar-refractivity contribution in [1.82, 2.24) is 10.2 Å². The SMILES string of the molecule is COC(C)(C)CNc1ccc(C(F)(F)F)nn1. The molecule has 4 nitrogen and oxygen atoms in total. The van der Waals surface area contributed by atoms with Gasteiger partial charge < -0.3 is 10.1 Å². The molecule has 96 valence electrons. The third-order valence-electron chi connectivity index (χ3n) is 2.20. The van der Waals surface area contributed by atoms with Gasteiger partial charge in [-0.05, 0) is 26.0 Å². The lowest BCUT2D eigenvalue weighted by Crippen LogP contribution is -2.32. The summed E-state index contributed by atoms with van der Waals surface area (Å²) in [6.45, 7) is 4.11. The molecule has 0 fully saturated rings. The molecule has 0 saturated carbocycles. The Morgan fingerprint density at radius 3 is 2.29 bits per heavy atom. The second-order valence-electron chi connectivity index (χ2n) is 4.12. The Labute approximate surface area is 97.2 Å². The van der Waals surface area contributed by atoms with Gasteiger partial charge in [0.05, 0.1) is 5.60 Å². The molecule has 1 heterocycles. The van der Waals surface area contributed by atoms with Crippen LogP contribution in [0, 0.1) is 0 Å². The molecule has 0 unspecified atom stereocenters. The van der Waals surface area contributed by atoms with Crippen molar-refractivity contribution in [2.75, 3.05) is 19.0 Å². The number of anilines is 1. The lowest BCUT2D eigenvalue weighted by molar-refractivity contribution is -0.141. The van der Waals surface area contributed by atoms with Crippen LogP contribution in [0.5, 0.6) is 0 Å². The Morgan fingerprint density at radius 2 is 1.88 bits per heavy atom. The quantitative estimate of drug-likeness (QED) is 0.889. The van der Waals surface area contributed by atoms with Crippen LogP contribution in [-0.4, -0.2) is 29.5 Å². The predicted molar refractivity (Wildman–Crippen MR) is 56.6 cm³/mol. The van der Waals surface area contributed by atoms with Gasteiger partial charge in [-0.2, -0.15) is 13.2 Å². The lowest BCUT2D eigenvalue weighted by atomic mass is 10.1. The van der Waals surface area contributed by atoms with E-state index in [0.29, 0.717) is 6.54 Å². The molecule has 0 saturated heterocycles. The van der Waals surface area contributed by atoms with E-state index in [0.717, 1.165) is 6.07 Å².